The van der Waals surface area contributed by atoms with Crippen molar-refractivity contribution in [2.75, 3.05) is 0 Å². The molecule has 3 aromatic rings. The van der Waals surface area contributed by atoms with Crippen molar-refractivity contribution in [1.82, 2.24) is 4.98 Å². The minimum absolute atomic E-state index is 0.228. The van der Waals surface area contributed by atoms with Gasteiger partial charge in [0.05, 0.1) is 11.8 Å². The number of benzene rings is 2. The molecule has 3 nitrogen and oxygen atoms in total. The number of nitriles is 1. The largest absolute Gasteiger partial charge is 0.292 e. The zero-order valence-corrected chi connectivity index (χ0v) is 14.3. The first-order valence-corrected chi connectivity index (χ1v) is 8.56. The molecule has 0 fully saturated rings. The van der Waals surface area contributed by atoms with Crippen LogP contribution in [0.25, 0.3) is 11.3 Å². The summed E-state index contributed by atoms with van der Waals surface area (Å²) in [5.41, 5.74) is 2.27. The van der Waals surface area contributed by atoms with Crippen molar-refractivity contribution in [2.24, 2.45) is 0 Å². The Morgan fingerprint density at radius 1 is 1.13 bits per heavy atom. The van der Waals surface area contributed by atoms with E-state index >= 15 is 0 Å². The molecule has 2 aromatic carbocycles. The Balaban J connectivity index is 1.90. The SMILES string of the molecule is N#CC(C(=O)c1ccc(Br)cc1)c1nc(-c2ccccc2)cs1. The Kier molecular flexibility index (Phi) is 4.65. The van der Waals surface area contributed by atoms with E-state index in [1.165, 1.54) is 11.3 Å². The first-order valence-electron chi connectivity index (χ1n) is 6.89. The number of hydrogen-bond donors (Lipinski definition) is 0. The number of rotatable bonds is 4. The van der Waals surface area contributed by atoms with Crippen molar-refractivity contribution >= 4 is 33.0 Å². The maximum absolute atomic E-state index is 12.6. The topological polar surface area (TPSA) is 53.8 Å². The maximum Gasteiger partial charge on any atom is 0.186 e. The Labute approximate surface area is 146 Å². The van der Waals surface area contributed by atoms with Crippen LogP contribution in [0.5, 0.6) is 0 Å². The molecular weight excluding hydrogens is 372 g/mol. The molecule has 0 amide bonds. The lowest BCUT2D eigenvalue weighted by Gasteiger charge is -2.05. The van der Waals surface area contributed by atoms with E-state index in [0.717, 1.165) is 15.7 Å². The van der Waals surface area contributed by atoms with E-state index in [9.17, 15) is 10.1 Å². The van der Waals surface area contributed by atoms with Crippen LogP contribution in [0.2, 0.25) is 0 Å². The van der Waals surface area contributed by atoms with Crippen molar-refractivity contribution in [3.63, 3.8) is 0 Å². The first kappa shape index (κ1) is 15.6. The molecule has 3 rings (SSSR count). The van der Waals surface area contributed by atoms with Gasteiger partial charge < -0.3 is 0 Å². The highest BCUT2D eigenvalue weighted by molar-refractivity contribution is 9.10. The number of nitrogens with zero attached hydrogens (tertiary/aromatic N) is 2. The van der Waals surface area contributed by atoms with Gasteiger partial charge in [-0.05, 0) is 12.1 Å². The van der Waals surface area contributed by atoms with E-state index in [1.54, 1.807) is 24.3 Å². The fourth-order valence-corrected chi connectivity index (χ4v) is 3.30. The summed E-state index contributed by atoms with van der Waals surface area (Å²) in [7, 11) is 0. The molecule has 0 bridgehead atoms. The fraction of sp³-hybridized carbons (Fsp3) is 0.0556. The van der Waals surface area contributed by atoms with Gasteiger partial charge in [0.2, 0.25) is 0 Å². The summed E-state index contributed by atoms with van der Waals surface area (Å²) in [5.74, 6) is -1.10. The van der Waals surface area contributed by atoms with E-state index < -0.39 is 5.92 Å². The second kappa shape index (κ2) is 6.86. The van der Waals surface area contributed by atoms with Crippen LogP contribution in [-0.2, 0) is 0 Å². The molecule has 0 aliphatic rings. The summed E-state index contributed by atoms with van der Waals surface area (Å²) in [6.45, 7) is 0. The summed E-state index contributed by atoms with van der Waals surface area (Å²) in [6, 6.07) is 18.8. The van der Waals surface area contributed by atoms with E-state index in [2.05, 4.69) is 27.0 Å². The summed E-state index contributed by atoms with van der Waals surface area (Å²) in [6.07, 6.45) is 0. The minimum Gasteiger partial charge on any atom is -0.292 e. The van der Waals surface area contributed by atoms with Crippen LogP contribution in [-0.4, -0.2) is 10.8 Å². The summed E-state index contributed by atoms with van der Waals surface area (Å²) < 4.78 is 0.892. The van der Waals surface area contributed by atoms with Crippen molar-refractivity contribution in [2.45, 2.75) is 5.92 Å². The van der Waals surface area contributed by atoms with Crippen LogP contribution in [0.15, 0.2) is 64.5 Å². The normalized spacial score (nSPS) is 11.7. The van der Waals surface area contributed by atoms with Crippen LogP contribution in [0.3, 0.4) is 0 Å². The minimum atomic E-state index is -0.876. The van der Waals surface area contributed by atoms with Crippen molar-refractivity contribution in [1.29, 1.82) is 5.26 Å². The molecule has 1 aromatic heterocycles. The van der Waals surface area contributed by atoms with Gasteiger partial charge in [-0.1, -0.05) is 58.4 Å². The predicted octanol–water partition coefficient (Wildman–Crippen LogP) is 5.06. The molecule has 23 heavy (non-hydrogen) atoms. The molecule has 1 atom stereocenters. The van der Waals surface area contributed by atoms with Crippen LogP contribution < -0.4 is 0 Å². The number of Topliss-reactive ketones (excluding diaryl/α,β-unsaturated/α-hetero) is 1. The second-order valence-corrected chi connectivity index (χ2v) is 6.68. The van der Waals surface area contributed by atoms with E-state index in [4.69, 9.17) is 0 Å². The Morgan fingerprint density at radius 3 is 2.48 bits per heavy atom. The van der Waals surface area contributed by atoms with E-state index in [-0.39, 0.29) is 5.78 Å². The van der Waals surface area contributed by atoms with Crippen LogP contribution in [0, 0.1) is 11.3 Å². The zero-order chi connectivity index (χ0) is 16.2. The fourth-order valence-electron chi connectivity index (χ4n) is 2.17. The monoisotopic (exact) mass is 382 g/mol. The van der Waals surface area contributed by atoms with Gasteiger partial charge in [0.15, 0.2) is 11.7 Å². The highest BCUT2D eigenvalue weighted by Gasteiger charge is 2.25. The number of thiazole rings is 1. The Hall–Kier alpha value is -2.29. The van der Waals surface area contributed by atoms with Gasteiger partial charge >= 0.3 is 0 Å². The molecule has 0 spiro atoms. The Morgan fingerprint density at radius 2 is 1.83 bits per heavy atom. The predicted molar refractivity (Wildman–Crippen MR) is 94.4 cm³/mol. The first-order chi connectivity index (χ1) is 11.2. The van der Waals surface area contributed by atoms with Crippen molar-refractivity contribution in [3.8, 4) is 17.3 Å². The standard InChI is InChI=1S/C18H11BrN2OS/c19-14-8-6-13(7-9-14)17(22)15(10-20)18-21-16(11-23-18)12-4-2-1-3-5-12/h1-9,11,15H. The molecule has 112 valence electrons. The molecule has 0 aliphatic heterocycles. The van der Waals surface area contributed by atoms with Crippen molar-refractivity contribution in [3.05, 3.63) is 75.0 Å². The number of halogens is 1. The molecule has 0 radical (unpaired) electrons. The summed E-state index contributed by atoms with van der Waals surface area (Å²) in [5, 5.41) is 11.8. The third-order valence-electron chi connectivity index (χ3n) is 3.36. The van der Waals surface area contributed by atoms with Gasteiger partial charge in [0.25, 0.3) is 0 Å². The molecular formula is C18H11BrN2OS. The quantitative estimate of drug-likeness (QED) is 0.592. The highest BCUT2D eigenvalue weighted by Crippen LogP contribution is 2.28. The lowest BCUT2D eigenvalue weighted by Crippen LogP contribution is -2.11. The number of carbonyl (C=O) groups is 1. The molecule has 5 heteroatoms. The third kappa shape index (κ3) is 3.39. The smallest absolute Gasteiger partial charge is 0.186 e. The lowest BCUT2D eigenvalue weighted by atomic mass is 9.99. The van der Waals surface area contributed by atoms with E-state index in [0.29, 0.717) is 10.6 Å². The van der Waals surface area contributed by atoms with Crippen molar-refractivity contribution < 1.29 is 4.79 Å². The molecule has 1 unspecified atom stereocenters. The number of carbonyl (C=O) groups excluding carboxylic acids is 1. The highest BCUT2D eigenvalue weighted by atomic mass is 79.9. The lowest BCUT2D eigenvalue weighted by molar-refractivity contribution is 0.0979. The molecule has 0 saturated carbocycles. The number of ketones is 1. The second-order valence-electron chi connectivity index (χ2n) is 4.87. The Bertz CT molecular complexity index is 866. The molecule has 0 saturated heterocycles. The van der Waals surface area contributed by atoms with Gasteiger partial charge in [0.1, 0.15) is 5.01 Å². The zero-order valence-electron chi connectivity index (χ0n) is 11.9. The average Bonchev–Trinajstić information content (AvgIpc) is 3.06. The van der Waals surface area contributed by atoms with E-state index in [1.807, 2.05) is 35.7 Å². The molecule has 0 N–H and O–H groups in total. The average molecular weight is 383 g/mol. The summed E-state index contributed by atoms with van der Waals surface area (Å²) >= 11 is 4.68. The number of hydrogen-bond acceptors (Lipinski definition) is 4. The van der Waals surface area contributed by atoms with Gasteiger partial charge in [0, 0.05) is 21.0 Å². The van der Waals surface area contributed by atoms with Gasteiger partial charge in [-0.3, -0.25) is 4.79 Å². The summed E-state index contributed by atoms with van der Waals surface area (Å²) in [4.78, 5) is 17.0. The number of aromatic nitrogens is 1. The van der Waals surface area contributed by atoms with Crippen LogP contribution >= 0.6 is 27.3 Å². The van der Waals surface area contributed by atoms with Gasteiger partial charge in [-0.15, -0.1) is 11.3 Å². The molecule has 0 aliphatic carbocycles. The van der Waals surface area contributed by atoms with Crippen LogP contribution in [0.1, 0.15) is 21.3 Å². The van der Waals surface area contributed by atoms with Crippen LogP contribution in [0.4, 0.5) is 0 Å². The maximum atomic E-state index is 12.6. The van der Waals surface area contributed by atoms with Gasteiger partial charge in [-0.25, -0.2) is 4.98 Å². The molecule has 1 heterocycles. The third-order valence-corrected chi connectivity index (χ3v) is 4.80. The van der Waals surface area contributed by atoms with Gasteiger partial charge in [-0.2, -0.15) is 5.26 Å².